The van der Waals surface area contributed by atoms with Crippen molar-refractivity contribution >= 4 is 44.5 Å². The van der Waals surface area contributed by atoms with Gasteiger partial charge in [0.05, 0.1) is 16.0 Å². The van der Waals surface area contributed by atoms with E-state index in [1.54, 1.807) is 36.4 Å². The molecule has 1 heterocycles. The standard InChI is InChI=1S/C21H16BrClO5/c22-12-5-6-14(17(9-12)27-11-21(20(25)26)7-2-8-21)18-10-16(24)13-3-1-4-15(23)19(13)28-18/h1,3-6,9-10H,2,7-8,11H2,(H,25,26). The van der Waals surface area contributed by atoms with Gasteiger partial charge < -0.3 is 14.3 Å². The molecule has 0 unspecified atom stereocenters. The maximum absolute atomic E-state index is 12.5. The molecule has 0 aliphatic heterocycles. The third kappa shape index (κ3) is 3.31. The van der Waals surface area contributed by atoms with Crippen molar-refractivity contribution in [2.75, 3.05) is 6.61 Å². The average Bonchev–Trinajstić information content (AvgIpc) is 2.61. The van der Waals surface area contributed by atoms with E-state index in [-0.39, 0.29) is 12.0 Å². The Hall–Kier alpha value is -2.31. The number of para-hydroxylation sites is 1. The van der Waals surface area contributed by atoms with Crippen LogP contribution in [-0.4, -0.2) is 17.7 Å². The number of carbonyl (C=O) groups is 1. The topological polar surface area (TPSA) is 76.7 Å². The summed E-state index contributed by atoms with van der Waals surface area (Å²) in [6.07, 6.45) is 2.05. The molecule has 0 amide bonds. The van der Waals surface area contributed by atoms with Crippen molar-refractivity contribution in [1.29, 1.82) is 0 Å². The number of ether oxygens (including phenoxy) is 1. The Kier molecular flexibility index (Phi) is 4.93. The summed E-state index contributed by atoms with van der Waals surface area (Å²) in [5.41, 5.74) is -0.204. The molecule has 5 nitrogen and oxygen atoms in total. The van der Waals surface area contributed by atoms with Crippen LogP contribution in [0, 0.1) is 5.41 Å². The van der Waals surface area contributed by atoms with Crippen LogP contribution in [-0.2, 0) is 4.79 Å². The number of carboxylic acids is 1. The highest BCUT2D eigenvalue weighted by atomic mass is 79.9. The molecule has 0 spiro atoms. The van der Waals surface area contributed by atoms with Crippen molar-refractivity contribution in [2.45, 2.75) is 19.3 Å². The van der Waals surface area contributed by atoms with Crippen LogP contribution >= 0.6 is 27.5 Å². The van der Waals surface area contributed by atoms with E-state index >= 15 is 0 Å². The molecule has 144 valence electrons. The number of rotatable bonds is 5. The molecule has 1 N–H and O–H groups in total. The fraction of sp³-hybridized carbons (Fsp3) is 0.238. The number of fused-ring (bicyclic) bond motifs is 1. The molecular formula is C21H16BrClO5. The number of aliphatic carboxylic acids is 1. The molecule has 7 heteroatoms. The minimum absolute atomic E-state index is 0.0599. The summed E-state index contributed by atoms with van der Waals surface area (Å²) in [4.78, 5) is 24.1. The van der Waals surface area contributed by atoms with Gasteiger partial charge >= 0.3 is 5.97 Å². The third-order valence-corrected chi connectivity index (χ3v) is 5.97. The molecule has 0 saturated heterocycles. The first-order chi connectivity index (χ1) is 13.4. The van der Waals surface area contributed by atoms with Crippen LogP contribution in [0.1, 0.15) is 19.3 Å². The van der Waals surface area contributed by atoms with Crippen LogP contribution in [0.15, 0.2) is 56.1 Å². The Morgan fingerprint density at radius 3 is 2.71 bits per heavy atom. The predicted octanol–water partition coefficient (Wildman–Crippen LogP) is 5.51. The van der Waals surface area contributed by atoms with Gasteiger partial charge in [0.2, 0.25) is 0 Å². The van der Waals surface area contributed by atoms with E-state index in [1.807, 2.05) is 0 Å². The molecule has 0 bridgehead atoms. The lowest BCUT2D eigenvalue weighted by atomic mass is 9.69. The van der Waals surface area contributed by atoms with Gasteiger partial charge in [-0.2, -0.15) is 0 Å². The maximum Gasteiger partial charge on any atom is 0.313 e. The van der Waals surface area contributed by atoms with E-state index in [4.69, 9.17) is 20.8 Å². The maximum atomic E-state index is 12.5. The summed E-state index contributed by atoms with van der Waals surface area (Å²) in [6, 6.07) is 11.7. The zero-order valence-electron chi connectivity index (χ0n) is 14.7. The van der Waals surface area contributed by atoms with E-state index in [2.05, 4.69) is 15.9 Å². The van der Waals surface area contributed by atoms with Crippen molar-refractivity contribution < 1.29 is 19.1 Å². The Balaban J connectivity index is 1.77. The predicted molar refractivity (Wildman–Crippen MR) is 110 cm³/mol. The summed E-state index contributed by atoms with van der Waals surface area (Å²) < 4.78 is 12.6. The van der Waals surface area contributed by atoms with Crippen molar-refractivity contribution in [3.05, 3.63) is 62.2 Å². The molecule has 4 rings (SSSR count). The van der Waals surface area contributed by atoms with E-state index in [9.17, 15) is 14.7 Å². The second-order valence-corrected chi connectivity index (χ2v) is 8.28. The van der Waals surface area contributed by atoms with E-state index in [1.165, 1.54) is 6.07 Å². The molecule has 1 aromatic heterocycles. The van der Waals surface area contributed by atoms with E-state index in [0.29, 0.717) is 45.9 Å². The van der Waals surface area contributed by atoms with Crippen molar-refractivity contribution in [3.8, 4) is 17.1 Å². The highest BCUT2D eigenvalue weighted by Gasteiger charge is 2.45. The molecule has 28 heavy (non-hydrogen) atoms. The molecule has 0 radical (unpaired) electrons. The van der Waals surface area contributed by atoms with Crippen LogP contribution in [0.4, 0.5) is 0 Å². The van der Waals surface area contributed by atoms with Crippen LogP contribution in [0.3, 0.4) is 0 Å². The second kappa shape index (κ2) is 7.26. The van der Waals surface area contributed by atoms with Gasteiger partial charge in [-0.05, 0) is 43.2 Å². The first kappa shape index (κ1) is 19.0. The Bertz CT molecular complexity index is 1130. The van der Waals surface area contributed by atoms with Gasteiger partial charge in [-0.1, -0.05) is 40.0 Å². The zero-order valence-corrected chi connectivity index (χ0v) is 17.0. The lowest BCUT2D eigenvalue weighted by Crippen LogP contribution is -2.43. The first-order valence-electron chi connectivity index (χ1n) is 8.78. The van der Waals surface area contributed by atoms with Gasteiger partial charge in [0.15, 0.2) is 11.0 Å². The fourth-order valence-electron chi connectivity index (χ4n) is 3.33. The van der Waals surface area contributed by atoms with E-state index in [0.717, 1.165) is 10.9 Å². The van der Waals surface area contributed by atoms with Gasteiger partial charge in [-0.25, -0.2) is 0 Å². The highest BCUT2D eigenvalue weighted by molar-refractivity contribution is 9.10. The van der Waals surface area contributed by atoms with Crippen LogP contribution in [0.5, 0.6) is 5.75 Å². The van der Waals surface area contributed by atoms with Gasteiger partial charge in [0, 0.05) is 10.5 Å². The van der Waals surface area contributed by atoms with Crippen LogP contribution in [0.25, 0.3) is 22.3 Å². The minimum Gasteiger partial charge on any atom is -0.492 e. The molecule has 3 aromatic rings. The smallest absolute Gasteiger partial charge is 0.313 e. The Morgan fingerprint density at radius 1 is 1.25 bits per heavy atom. The Morgan fingerprint density at radius 2 is 2.04 bits per heavy atom. The largest absolute Gasteiger partial charge is 0.492 e. The second-order valence-electron chi connectivity index (χ2n) is 6.96. The molecule has 1 fully saturated rings. The van der Waals surface area contributed by atoms with Crippen LogP contribution in [0.2, 0.25) is 5.02 Å². The summed E-state index contributed by atoms with van der Waals surface area (Å²) in [6.45, 7) is 0.0599. The van der Waals surface area contributed by atoms with Crippen LogP contribution < -0.4 is 10.2 Å². The zero-order chi connectivity index (χ0) is 19.9. The average molecular weight is 464 g/mol. The number of hydrogen-bond donors (Lipinski definition) is 1. The van der Waals surface area contributed by atoms with Gasteiger partial charge in [0.25, 0.3) is 0 Å². The molecule has 1 aliphatic rings. The monoisotopic (exact) mass is 462 g/mol. The molecule has 1 aliphatic carbocycles. The van der Waals surface area contributed by atoms with Crippen molar-refractivity contribution in [2.24, 2.45) is 5.41 Å². The van der Waals surface area contributed by atoms with E-state index < -0.39 is 11.4 Å². The van der Waals surface area contributed by atoms with Gasteiger partial charge in [0.1, 0.15) is 23.5 Å². The molecule has 0 atom stereocenters. The number of halogens is 2. The quantitative estimate of drug-likeness (QED) is 0.540. The SMILES string of the molecule is O=C(O)C1(COc2cc(Br)ccc2-c2cc(=O)c3cccc(Cl)c3o2)CCC1. The highest BCUT2D eigenvalue weighted by Crippen LogP contribution is 2.43. The number of carboxylic acid groups (broad SMARTS) is 1. The lowest BCUT2D eigenvalue weighted by molar-refractivity contribution is -0.157. The minimum atomic E-state index is -0.854. The molecule has 1 saturated carbocycles. The number of hydrogen-bond acceptors (Lipinski definition) is 4. The third-order valence-electron chi connectivity index (χ3n) is 5.18. The first-order valence-corrected chi connectivity index (χ1v) is 9.95. The summed E-state index contributed by atoms with van der Waals surface area (Å²) in [7, 11) is 0. The lowest BCUT2D eigenvalue weighted by Gasteiger charge is -2.37. The van der Waals surface area contributed by atoms with Gasteiger partial charge in [-0.3, -0.25) is 9.59 Å². The fourth-order valence-corrected chi connectivity index (χ4v) is 3.89. The normalized spacial score (nSPS) is 15.2. The summed E-state index contributed by atoms with van der Waals surface area (Å²) in [5, 5.41) is 10.3. The molecule has 2 aromatic carbocycles. The Labute approximate surface area is 174 Å². The summed E-state index contributed by atoms with van der Waals surface area (Å²) >= 11 is 9.60. The number of benzene rings is 2. The summed E-state index contributed by atoms with van der Waals surface area (Å²) in [5.74, 6) is -0.0955. The van der Waals surface area contributed by atoms with Crippen molar-refractivity contribution in [3.63, 3.8) is 0 Å². The van der Waals surface area contributed by atoms with Gasteiger partial charge in [-0.15, -0.1) is 0 Å². The van der Waals surface area contributed by atoms with Crippen molar-refractivity contribution in [1.82, 2.24) is 0 Å². The molecular weight excluding hydrogens is 448 g/mol.